The van der Waals surface area contributed by atoms with Crippen LogP contribution in [-0.4, -0.2) is 50.0 Å². The molecule has 168 valence electrons. The zero-order valence-corrected chi connectivity index (χ0v) is 19.6. The molecule has 1 fully saturated rings. The number of nitrogen functional groups attached to an aromatic ring is 1. The van der Waals surface area contributed by atoms with Crippen LogP contribution in [0.4, 0.5) is 5.82 Å². The lowest BCUT2D eigenvalue weighted by Crippen LogP contribution is -2.41. The van der Waals surface area contributed by atoms with E-state index in [1.165, 1.54) is 0 Å². The Labute approximate surface area is 199 Å². The molecular weight excluding hydrogens is 482 g/mol. The fourth-order valence-electron chi connectivity index (χ4n) is 4.35. The highest BCUT2D eigenvalue weighted by molar-refractivity contribution is 9.10. The van der Waals surface area contributed by atoms with Crippen molar-refractivity contribution in [2.75, 3.05) is 25.4 Å². The van der Waals surface area contributed by atoms with Crippen molar-refractivity contribution in [2.45, 2.75) is 18.8 Å². The van der Waals surface area contributed by atoms with Crippen LogP contribution in [0.1, 0.15) is 24.5 Å². The van der Waals surface area contributed by atoms with E-state index in [1.807, 2.05) is 53.6 Å². The van der Waals surface area contributed by atoms with Crippen molar-refractivity contribution < 1.29 is 4.79 Å². The van der Waals surface area contributed by atoms with Crippen LogP contribution < -0.4 is 11.5 Å². The molecule has 0 saturated carbocycles. The number of carbonyl (C=O) groups excluding carboxylic acids is 1. The van der Waals surface area contributed by atoms with E-state index < -0.39 is 0 Å². The molecule has 0 aliphatic carbocycles. The standard InChI is InChI=1S/C24H24BrN7O/c25-21-22(16-8-10-31(11-9-16)20(33)12-26)30-24-18(14-29-32(24)23(21)27)17-6-7-19(28-13-17)15-4-2-1-3-5-15/h1-7,13-14,16H,8-12,26-27H2. The van der Waals surface area contributed by atoms with E-state index >= 15 is 0 Å². The summed E-state index contributed by atoms with van der Waals surface area (Å²) in [5.41, 5.74) is 17.3. The third-order valence-corrected chi connectivity index (χ3v) is 7.01. The number of aromatic nitrogens is 4. The third-order valence-electron chi connectivity index (χ3n) is 6.20. The highest BCUT2D eigenvalue weighted by Crippen LogP contribution is 2.37. The van der Waals surface area contributed by atoms with Crippen molar-refractivity contribution in [3.8, 4) is 22.4 Å². The van der Waals surface area contributed by atoms with Gasteiger partial charge in [-0.1, -0.05) is 36.4 Å². The molecular formula is C24H24BrN7O. The van der Waals surface area contributed by atoms with Gasteiger partial charge in [-0.15, -0.1) is 0 Å². The molecule has 1 aromatic carbocycles. The summed E-state index contributed by atoms with van der Waals surface area (Å²) in [7, 11) is 0. The van der Waals surface area contributed by atoms with Crippen molar-refractivity contribution in [3.05, 3.63) is 65.0 Å². The first-order valence-electron chi connectivity index (χ1n) is 10.9. The molecule has 1 aliphatic rings. The SMILES string of the molecule is NCC(=O)N1CCC(c2nc3c(-c4ccc(-c5ccccc5)nc4)cnn3c(N)c2Br)CC1. The van der Waals surface area contributed by atoms with Gasteiger partial charge in [0, 0.05) is 41.9 Å². The van der Waals surface area contributed by atoms with Crippen molar-refractivity contribution in [1.82, 2.24) is 24.5 Å². The number of nitrogens with two attached hydrogens (primary N) is 2. The van der Waals surface area contributed by atoms with Crippen LogP contribution in [0, 0.1) is 0 Å². The Kier molecular flexibility index (Phi) is 5.82. The number of piperidine rings is 1. The van der Waals surface area contributed by atoms with Gasteiger partial charge in [-0.05, 0) is 34.8 Å². The van der Waals surface area contributed by atoms with Gasteiger partial charge in [0.25, 0.3) is 0 Å². The van der Waals surface area contributed by atoms with Crippen LogP contribution in [0.3, 0.4) is 0 Å². The third kappa shape index (κ3) is 3.98. The molecule has 33 heavy (non-hydrogen) atoms. The predicted molar refractivity (Wildman–Crippen MR) is 131 cm³/mol. The Morgan fingerprint density at radius 1 is 1.06 bits per heavy atom. The van der Waals surface area contributed by atoms with Gasteiger partial charge in [0.1, 0.15) is 5.82 Å². The molecule has 0 spiro atoms. The summed E-state index contributed by atoms with van der Waals surface area (Å²) in [6.07, 6.45) is 5.24. The van der Waals surface area contributed by atoms with E-state index in [0.717, 1.165) is 45.4 Å². The Hall–Kier alpha value is -3.30. The number of nitrogens with zero attached hydrogens (tertiary/aromatic N) is 5. The van der Waals surface area contributed by atoms with Gasteiger partial charge in [0.05, 0.1) is 28.6 Å². The average Bonchev–Trinajstić information content (AvgIpc) is 3.30. The van der Waals surface area contributed by atoms with Crippen LogP contribution in [0.5, 0.6) is 0 Å². The molecule has 3 aromatic heterocycles. The summed E-state index contributed by atoms with van der Waals surface area (Å²) in [5, 5.41) is 4.47. The second kappa shape index (κ2) is 8.92. The molecule has 4 N–H and O–H groups in total. The van der Waals surface area contributed by atoms with Crippen LogP contribution in [0.25, 0.3) is 28.0 Å². The van der Waals surface area contributed by atoms with Gasteiger partial charge < -0.3 is 16.4 Å². The van der Waals surface area contributed by atoms with Gasteiger partial charge in [-0.25, -0.2) is 4.98 Å². The minimum absolute atomic E-state index is 0.0139. The number of pyridine rings is 1. The first-order valence-corrected chi connectivity index (χ1v) is 11.7. The maximum Gasteiger partial charge on any atom is 0.236 e. The van der Waals surface area contributed by atoms with Crippen LogP contribution in [0.2, 0.25) is 0 Å². The monoisotopic (exact) mass is 505 g/mol. The van der Waals surface area contributed by atoms with Crippen LogP contribution in [0.15, 0.2) is 59.3 Å². The first kappa shape index (κ1) is 21.5. The highest BCUT2D eigenvalue weighted by atomic mass is 79.9. The topological polar surface area (TPSA) is 115 Å². The summed E-state index contributed by atoms with van der Waals surface area (Å²) in [6, 6.07) is 14.1. The van der Waals surface area contributed by atoms with Gasteiger partial charge in [-0.2, -0.15) is 9.61 Å². The number of carbonyl (C=O) groups is 1. The van der Waals surface area contributed by atoms with Gasteiger partial charge in [0.2, 0.25) is 5.91 Å². The average molecular weight is 506 g/mol. The largest absolute Gasteiger partial charge is 0.383 e. The lowest BCUT2D eigenvalue weighted by molar-refractivity contribution is -0.130. The Morgan fingerprint density at radius 2 is 1.82 bits per heavy atom. The Bertz CT molecular complexity index is 1300. The minimum atomic E-state index is -0.0139. The van der Waals surface area contributed by atoms with Crippen molar-refractivity contribution in [2.24, 2.45) is 5.73 Å². The maximum atomic E-state index is 11.9. The lowest BCUT2D eigenvalue weighted by atomic mass is 9.93. The maximum absolute atomic E-state index is 11.9. The van der Waals surface area contributed by atoms with E-state index in [1.54, 1.807) is 10.7 Å². The number of anilines is 1. The predicted octanol–water partition coefficient (Wildman–Crippen LogP) is 3.47. The molecule has 9 heteroatoms. The fourth-order valence-corrected chi connectivity index (χ4v) is 4.93. The highest BCUT2D eigenvalue weighted by Gasteiger charge is 2.27. The zero-order chi connectivity index (χ0) is 22.9. The molecule has 1 amide bonds. The summed E-state index contributed by atoms with van der Waals surface area (Å²) < 4.78 is 2.41. The second-order valence-electron chi connectivity index (χ2n) is 8.15. The molecule has 0 atom stereocenters. The number of hydrogen-bond donors (Lipinski definition) is 2. The number of halogens is 1. The molecule has 1 aliphatic heterocycles. The Balaban J connectivity index is 1.48. The molecule has 1 saturated heterocycles. The first-order chi connectivity index (χ1) is 16.1. The summed E-state index contributed by atoms with van der Waals surface area (Å²) >= 11 is 3.63. The zero-order valence-electron chi connectivity index (χ0n) is 18.0. The smallest absolute Gasteiger partial charge is 0.236 e. The molecule has 0 unspecified atom stereocenters. The van der Waals surface area contributed by atoms with Crippen LogP contribution in [-0.2, 0) is 4.79 Å². The second-order valence-corrected chi connectivity index (χ2v) is 8.94. The summed E-state index contributed by atoms with van der Waals surface area (Å²) in [6.45, 7) is 1.37. The molecule has 4 heterocycles. The van der Waals surface area contributed by atoms with Crippen LogP contribution >= 0.6 is 15.9 Å². The number of amides is 1. The van der Waals surface area contributed by atoms with Gasteiger partial charge in [-0.3, -0.25) is 9.78 Å². The van der Waals surface area contributed by atoms with Crippen molar-refractivity contribution in [3.63, 3.8) is 0 Å². The van der Waals surface area contributed by atoms with E-state index in [-0.39, 0.29) is 18.4 Å². The molecule has 0 radical (unpaired) electrons. The summed E-state index contributed by atoms with van der Waals surface area (Å²) in [5.74, 6) is 0.686. The van der Waals surface area contributed by atoms with E-state index in [0.29, 0.717) is 24.6 Å². The number of rotatable bonds is 4. The number of likely N-dealkylation sites (tertiary alicyclic amines) is 1. The quantitative estimate of drug-likeness (QED) is 0.438. The number of benzene rings is 1. The van der Waals surface area contributed by atoms with Crippen molar-refractivity contribution >= 4 is 33.3 Å². The van der Waals surface area contributed by atoms with Gasteiger partial charge in [0.15, 0.2) is 5.65 Å². The molecule has 0 bridgehead atoms. The van der Waals surface area contributed by atoms with Gasteiger partial charge >= 0.3 is 0 Å². The molecule has 5 rings (SSSR count). The van der Waals surface area contributed by atoms with E-state index in [9.17, 15) is 4.79 Å². The number of fused-ring (bicyclic) bond motifs is 1. The molecule has 4 aromatic rings. The minimum Gasteiger partial charge on any atom is -0.383 e. The van der Waals surface area contributed by atoms with E-state index in [2.05, 4.69) is 26.0 Å². The van der Waals surface area contributed by atoms with Crippen molar-refractivity contribution in [1.29, 1.82) is 0 Å². The fraction of sp³-hybridized carbons (Fsp3) is 0.250. The number of hydrogen-bond acceptors (Lipinski definition) is 6. The van der Waals surface area contributed by atoms with E-state index in [4.69, 9.17) is 16.5 Å². The molecule has 8 nitrogen and oxygen atoms in total. The normalized spacial score (nSPS) is 14.7. The lowest BCUT2D eigenvalue weighted by Gasteiger charge is -2.32. The summed E-state index contributed by atoms with van der Waals surface area (Å²) in [4.78, 5) is 23.4. The Morgan fingerprint density at radius 3 is 2.48 bits per heavy atom.